The Labute approximate surface area is 107 Å². The Bertz CT molecular complexity index is 251. The Morgan fingerprint density at radius 2 is 2.13 bits per heavy atom. The molecular weight excluding hydrogens is 312 g/mol. The number of ether oxygens (including phenoxy) is 1. The first-order valence-corrected chi connectivity index (χ1v) is 11.7. The van der Waals surface area contributed by atoms with Crippen LogP contribution in [0, 0.1) is 17.8 Å². The van der Waals surface area contributed by atoms with Gasteiger partial charge in [-0.2, -0.15) is 0 Å². The molecule has 0 saturated carbocycles. The van der Waals surface area contributed by atoms with Crippen molar-refractivity contribution in [3.05, 3.63) is 30.1 Å². The summed E-state index contributed by atoms with van der Waals surface area (Å²) < 4.78 is 17.8. The molecule has 4 heteroatoms. The van der Waals surface area contributed by atoms with E-state index < -0.39 is 0 Å². The van der Waals surface area contributed by atoms with Gasteiger partial charge in [0.25, 0.3) is 0 Å². The van der Waals surface area contributed by atoms with Crippen LogP contribution in [0.2, 0.25) is 0 Å². The van der Waals surface area contributed by atoms with Crippen molar-refractivity contribution in [2.45, 2.75) is 20.3 Å². The first-order valence-electron chi connectivity index (χ1n) is 4.75. The van der Waals surface area contributed by atoms with Crippen molar-refractivity contribution in [1.82, 2.24) is 0 Å². The number of hydrogen-bond donors (Lipinski definition) is 0. The van der Waals surface area contributed by atoms with E-state index in [1.807, 2.05) is 0 Å². The van der Waals surface area contributed by atoms with Crippen LogP contribution in [0.4, 0.5) is 4.39 Å². The second kappa shape index (κ2) is 9.29. The first kappa shape index (κ1) is 15.1. The summed E-state index contributed by atoms with van der Waals surface area (Å²) in [6.45, 7) is 4.94. The van der Waals surface area contributed by atoms with Gasteiger partial charge in [-0.15, -0.1) is 24.3 Å². The fourth-order valence-electron chi connectivity index (χ4n) is 0.886. The molecule has 15 heavy (non-hydrogen) atoms. The molecular formula is C11H14BrFOZn. The monoisotopic (exact) mass is 324 g/mol. The Kier molecular flexibility index (Phi) is 9.32. The SMILES string of the molecule is CC(C)CCOc1[c-]cc(F)cc1.[Zn+][Br]. The predicted molar refractivity (Wildman–Crippen MR) is 59.1 cm³/mol. The molecule has 0 radical (unpaired) electrons. The predicted octanol–water partition coefficient (Wildman–Crippen LogP) is 3.89. The normalized spacial score (nSPS) is 9.53. The van der Waals surface area contributed by atoms with Gasteiger partial charge >= 0.3 is 30.0 Å². The fraction of sp³-hybridized carbons (Fsp3) is 0.455. The zero-order valence-corrected chi connectivity index (χ0v) is 13.6. The van der Waals surface area contributed by atoms with Crippen LogP contribution in [0.1, 0.15) is 20.3 Å². The third kappa shape index (κ3) is 7.92. The summed E-state index contributed by atoms with van der Waals surface area (Å²) in [5.74, 6) is 0.957. The Morgan fingerprint density at radius 1 is 1.47 bits per heavy atom. The van der Waals surface area contributed by atoms with E-state index in [1.54, 1.807) is 6.07 Å². The van der Waals surface area contributed by atoms with Crippen LogP contribution >= 0.6 is 13.6 Å². The van der Waals surface area contributed by atoms with Crippen LogP contribution in [-0.4, -0.2) is 6.61 Å². The summed E-state index contributed by atoms with van der Waals surface area (Å²) in [6, 6.07) is 6.96. The molecule has 0 heterocycles. The van der Waals surface area contributed by atoms with E-state index in [9.17, 15) is 4.39 Å². The van der Waals surface area contributed by atoms with E-state index in [2.05, 4.69) is 33.5 Å². The van der Waals surface area contributed by atoms with Crippen molar-refractivity contribution in [2.24, 2.45) is 5.92 Å². The van der Waals surface area contributed by atoms with E-state index in [1.165, 1.54) is 28.5 Å². The summed E-state index contributed by atoms with van der Waals surface area (Å²) in [5, 5.41) is 0. The van der Waals surface area contributed by atoms with Crippen LogP contribution in [-0.2, 0) is 16.3 Å². The molecule has 1 rings (SSSR count). The molecule has 0 aliphatic carbocycles. The van der Waals surface area contributed by atoms with Crippen LogP contribution in [0.5, 0.6) is 5.75 Å². The van der Waals surface area contributed by atoms with Gasteiger partial charge in [-0.3, -0.25) is 4.39 Å². The molecule has 0 atom stereocenters. The maximum absolute atomic E-state index is 12.5. The second-order valence-electron chi connectivity index (χ2n) is 3.40. The number of halogens is 2. The number of benzene rings is 1. The second-order valence-corrected chi connectivity index (χ2v) is 3.40. The average Bonchev–Trinajstić information content (AvgIpc) is 2.23. The molecule has 0 saturated heterocycles. The third-order valence-corrected chi connectivity index (χ3v) is 1.70. The molecule has 0 amide bonds. The molecule has 0 aliphatic rings. The third-order valence-electron chi connectivity index (χ3n) is 1.70. The molecule has 0 spiro atoms. The molecule has 0 N–H and O–H groups in total. The minimum atomic E-state index is -0.281. The van der Waals surface area contributed by atoms with Crippen molar-refractivity contribution in [2.75, 3.05) is 6.61 Å². The number of rotatable bonds is 4. The summed E-state index contributed by atoms with van der Waals surface area (Å²) in [6.07, 6.45) is 1.01. The Hall–Kier alpha value is 0.0534. The Morgan fingerprint density at radius 3 is 2.60 bits per heavy atom. The Balaban J connectivity index is 0.000000921. The topological polar surface area (TPSA) is 9.23 Å². The minimum absolute atomic E-state index is 0.281. The molecule has 0 aromatic heterocycles. The van der Waals surface area contributed by atoms with Gasteiger partial charge in [0.15, 0.2) is 0 Å². The van der Waals surface area contributed by atoms with Crippen LogP contribution in [0.25, 0.3) is 0 Å². The molecule has 0 fully saturated rings. The molecule has 80 valence electrons. The van der Waals surface area contributed by atoms with Gasteiger partial charge in [-0.05, 0) is 12.3 Å². The zero-order valence-electron chi connectivity index (χ0n) is 9.09. The van der Waals surface area contributed by atoms with Crippen molar-refractivity contribution >= 4 is 13.6 Å². The van der Waals surface area contributed by atoms with Crippen molar-refractivity contribution in [3.63, 3.8) is 0 Å². The van der Waals surface area contributed by atoms with Crippen molar-refractivity contribution < 1.29 is 25.5 Å². The van der Waals surface area contributed by atoms with E-state index in [4.69, 9.17) is 4.74 Å². The fourth-order valence-corrected chi connectivity index (χ4v) is 0.886. The van der Waals surface area contributed by atoms with Crippen molar-refractivity contribution in [1.29, 1.82) is 0 Å². The van der Waals surface area contributed by atoms with Gasteiger partial charge < -0.3 is 4.74 Å². The molecule has 1 nitrogen and oxygen atoms in total. The van der Waals surface area contributed by atoms with E-state index in [0.717, 1.165) is 6.42 Å². The first-order chi connectivity index (χ1) is 7.18. The van der Waals surface area contributed by atoms with E-state index in [-0.39, 0.29) is 5.82 Å². The summed E-state index contributed by atoms with van der Waals surface area (Å²) in [7, 11) is 0. The summed E-state index contributed by atoms with van der Waals surface area (Å²) >= 11 is 4.25. The van der Waals surface area contributed by atoms with Gasteiger partial charge in [0, 0.05) is 11.6 Å². The zero-order chi connectivity index (χ0) is 11.7. The number of hydrogen-bond acceptors (Lipinski definition) is 1. The van der Waals surface area contributed by atoms with Gasteiger partial charge in [0.2, 0.25) is 0 Å². The van der Waals surface area contributed by atoms with Crippen LogP contribution in [0.15, 0.2) is 18.2 Å². The van der Waals surface area contributed by atoms with Crippen LogP contribution < -0.4 is 4.74 Å². The molecule has 0 unspecified atom stereocenters. The van der Waals surface area contributed by atoms with Gasteiger partial charge in [0.05, 0.1) is 6.61 Å². The van der Waals surface area contributed by atoms with Crippen LogP contribution in [0.3, 0.4) is 0 Å². The molecule has 1 aromatic carbocycles. The quantitative estimate of drug-likeness (QED) is 0.602. The summed E-state index contributed by atoms with van der Waals surface area (Å²) in [4.78, 5) is 0. The van der Waals surface area contributed by atoms with Gasteiger partial charge in [-0.1, -0.05) is 13.8 Å². The summed E-state index contributed by atoms with van der Waals surface area (Å²) in [5.41, 5.74) is 0. The van der Waals surface area contributed by atoms with E-state index >= 15 is 0 Å². The van der Waals surface area contributed by atoms with Crippen molar-refractivity contribution in [3.8, 4) is 5.75 Å². The van der Waals surface area contributed by atoms with Gasteiger partial charge in [0.1, 0.15) is 0 Å². The maximum atomic E-state index is 12.5. The molecule has 1 aromatic rings. The van der Waals surface area contributed by atoms with Gasteiger partial charge in [-0.25, -0.2) is 0 Å². The average molecular weight is 327 g/mol. The standard InChI is InChI=1S/C11H14FO.BrH.Zn/c1-9(2)7-8-13-11-5-3-10(12)4-6-11;;/h3-5,9H,7-8H2,1-2H3;1H;/q-1;;+2/p-1. The molecule has 0 aliphatic heterocycles. The molecule has 0 bridgehead atoms. The van der Waals surface area contributed by atoms with E-state index in [0.29, 0.717) is 18.3 Å².